The Morgan fingerprint density at radius 2 is 2.00 bits per heavy atom. The molecule has 0 aliphatic heterocycles. The van der Waals surface area contributed by atoms with E-state index in [9.17, 15) is 23.3 Å². The normalized spacial score (nSPS) is 16.5. The molecule has 28 heavy (non-hydrogen) atoms. The zero-order valence-corrected chi connectivity index (χ0v) is 17.4. The number of benzene rings is 1. The van der Waals surface area contributed by atoms with Crippen molar-refractivity contribution in [2.75, 3.05) is 0 Å². The van der Waals surface area contributed by atoms with Gasteiger partial charge in [0.15, 0.2) is 0 Å². The highest BCUT2D eigenvalue weighted by atomic mass is 32.2. The van der Waals surface area contributed by atoms with E-state index in [0.29, 0.717) is 21.9 Å². The van der Waals surface area contributed by atoms with E-state index >= 15 is 0 Å². The zero-order valence-electron chi connectivity index (χ0n) is 15.7. The van der Waals surface area contributed by atoms with Crippen LogP contribution in [-0.4, -0.2) is 19.2 Å². The summed E-state index contributed by atoms with van der Waals surface area (Å²) in [5, 5.41) is 11.0. The summed E-state index contributed by atoms with van der Waals surface area (Å²) >= 11 is 1.37. The molecule has 1 atom stereocenters. The molecular formula is C18H21N3O5S2. The van der Waals surface area contributed by atoms with Gasteiger partial charge in [0, 0.05) is 17.0 Å². The van der Waals surface area contributed by atoms with E-state index in [1.807, 2.05) is 6.07 Å². The Labute approximate surface area is 167 Å². The first-order chi connectivity index (χ1) is 13.1. The second kappa shape index (κ2) is 7.61. The van der Waals surface area contributed by atoms with Gasteiger partial charge in [-0.15, -0.1) is 16.2 Å². The topological polar surface area (TPSA) is 118 Å². The smallest absolute Gasteiger partial charge is 0.273 e. The van der Waals surface area contributed by atoms with Crippen LogP contribution in [0.25, 0.3) is 0 Å². The van der Waals surface area contributed by atoms with Gasteiger partial charge < -0.3 is 0 Å². The molecule has 2 N–H and O–H groups in total. The Kier molecular flexibility index (Phi) is 5.55. The molecule has 1 aliphatic carbocycles. The van der Waals surface area contributed by atoms with E-state index in [2.05, 4.69) is 17.2 Å². The standard InChI is InChI=1S/C18H21N3O5S2/c1-10-4-5-15-13(6-10)8-16(27-15)18(22)19-20-28(25,26)17-9-14(21(23)24)7-11(2)12(17)3/h7-10,20H,4-6H2,1-3H3,(H,19,22). The highest BCUT2D eigenvalue weighted by molar-refractivity contribution is 7.89. The van der Waals surface area contributed by atoms with Crippen molar-refractivity contribution >= 4 is 33.0 Å². The molecule has 0 saturated carbocycles. The summed E-state index contributed by atoms with van der Waals surface area (Å²) < 4.78 is 25.2. The molecule has 8 nitrogen and oxygen atoms in total. The Morgan fingerprint density at radius 1 is 1.29 bits per heavy atom. The molecule has 1 amide bonds. The first kappa shape index (κ1) is 20.4. The number of hydrogen-bond acceptors (Lipinski definition) is 6. The number of rotatable bonds is 5. The van der Waals surface area contributed by atoms with Crippen molar-refractivity contribution in [2.24, 2.45) is 5.92 Å². The second-order valence-corrected chi connectivity index (χ2v) is 9.90. The summed E-state index contributed by atoms with van der Waals surface area (Å²) in [4.78, 5) is 26.2. The molecular weight excluding hydrogens is 402 g/mol. The maximum Gasteiger partial charge on any atom is 0.276 e. The van der Waals surface area contributed by atoms with E-state index in [-0.39, 0.29) is 10.6 Å². The molecule has 0 saturated heterocycles. The zero-order chi connectivity index (χ0) is 20.6. The molecule has 0 bridgehead atoms. The van der Waals surface area contributed by atoms with Crippen LogP contribution in [0.15, 0.2) is 23.1 Å². The van der Waals surface area contributed by atoms with Gasteiger partial charge in [0.2, 0.25) is 0 Å². The summed E-state index contributed by atoms with van der Waals surface area (Å²) in [7, 11) is -4.17. The number of fused-ring (bicyclic) bond motifs is 1. The SMILES string of the molecule is Cc1cc([N+](=O)[O-])cc(S(=O)(=O)NNC(=O)c2cc3c(s2)CCC(C)C3)c1C. The molecule has 3 rings (SSSR count). The average Bonchev–Trinajstić information content (AvgIpc) is 3.04. The number of nitrogens with zero attached hydrogens (tertiary/aromatic N) is 1. The summed E-state index contributed by atoms with van der Waals surface area (Å²) in [5.74, 6) is 0.0204. The van der Waals surface area contributed by atoms with Crippen LogP contribution in [0.3, 0.4) is 0 Å². The summed E-state index contributed by atoms with van der Waals surface area (Å²) in [6.07, 6.45) is 2.91. The first-order valence-corrected chi connectivity index (χ1v) is 11.1. The molecule has 1 heterocycles. The van der Waals surface area contributed by atoms with Crippen molar-refractivity contribution in [1.82, 2.24) is 10.3 Å². The molecule has 0 fully saturated rings. The summed E-state index contributed by atoms with van der Waals surface area (Å²) in [5.41, 5.74) is 3.89. The van der Waals surface area contributed by atoms with Gasteiger partial charge in [-0.2, -0.15) is 0 Å². The monoisotopic (exact) mass is 423 g/mol. The molecule has 1 unspecified atom stereocenters. The van der Waals surface area contributed by atoms with Crippen LogP contribution in [0, 0.1) is 29.9 Å². The Morgan fingerprint density at radius 3 is 2.68 bits per heavy atom. The molecule has 10 heteroatoms. The van der Waals surface area contributed by atoms with Crippen LogP contribution >= 0.6 is 11.3 Å². The number of nitrogens with one attached hydrogen (secondary N) is 2. The number of aryl methyl sites for hydroxylation is 2. The largest absolute Gasteiger partial charge is 0.276 e. The first-order valence-electron chi connectivity index (χ1n) is 8.78. The number of nitro groups is 1. The molecule has 150 valence electrons. The third kappa shape index (κ3) is 4.08. The van der Waals surface area contributed by atoms with Gasteiger partial charge in [-0.25, -0.2) is 8.42 Å². The summed E-state index contributed by atoms with van der Waals surface area (Å²) in [6, 6.07) is 4.11. The van der Waals surface area contributed by atoms with Crippen molar-refractivity contribution in [3.8, 4) is 0 Å². The minimum atomic E-state index is -4.17. The third-order valence-electron chi connectivity index (χ3n) is 4.96. The van der Waals surface area contributed by atoms with Gasteiger partial charge in [-0.1, -0.05) is 6.92 Å². The van der Waals surface area contributed by atoms with Crippen LogP contribution in [0.1, 0.15) is 44.6 Å². The van der Waals surface area contributed by atoms with E-state index in [0.717, 1.165) is 35.8 Å². The summed E-state index contributed by atoms with van der Waals surface area (Å²) in [6.45, 7) is 5.32. The third-order valence-corrected chi connectivity index (χ3v) is 7.57. The van der Waals surface area contributed by atoms with Gasteiger partial charge in [0.25, 0.3) is 21.6 Å². The molecule has 2 aromatic rings. The maximum atomic E-state index is 12.6. The van der Waals surface area contributed by atoms with E-state index < -0.39 is 20.9 Å². The number of hydrogen-bond donors (Lipinski definition) is 2. The maximum absolute atomic E-state index is 12.6. The minimum Gasteiger partial charge on any atom is -0.273 e. The lowest BCUT2D eigenvalue weighted by Gasteiger charge is -2.16. The predicted molar refractivity (Wildman–Crippen MR) is 106 cm³/mol. The number of carbonyl (C=O) groups is 1. The minimum absolute atomic E-state index is 0.237. The number of nitro benzene ring substituents is 1. The van der Waals surface area contributed by atoms with Gasteiger partial charge in [-0.3, -0.25) is 20.3 Å². The Bertz CT molecular complexity index is 1060. The molecule has 1 aromatic carbocycles. The quantitative estimate of drug-likeness (QED) is 0.566. The van der Waals surface area contributed by atoms with Crippen molar-refractivity contribution in [3.05, 3.63) is 54.8 Å². The fourth-order valence-corrected chi connectivity index (χ4v) is 5.52. The fraction of sp³-hybridized carbons (Fsp3) is 0.389. The Hall–Kier alpha value is -2.30. The van der Waals surface area contributed by atoms with Crippen molar-refractivity contribution in [1.29, 1.82) is 0 Å². The van der Waals surface area contributed by atoms with Gasteiger partial charge >= 0.3 is 0 Å². The number of sulfonamides is 1. The molecule has 0 spiro atoms. The van der Waals surface area contributed by atoms with Gasteiger partial charge in [0.05, 0.1) is 14.7 Å². The van der Waals surface area contributed by atoms with Crippen molar-refractivity contribution in [2.45, 2.75) is 44.9 Å². The highest BCUT2D eigenvalue weighted by Crippen LogP contribution is 2.32. The average molecular weight is 424 g/mol. The van der Waals surface area contributed by atoms with E-state index in [4.69, 9.17) is 0 Å². The lowest BCUT2D eigenvalue weighted by molar-refractivity contribution is -0.385. The Balaban J connectivity index is 1.79. The lowest BCUT2D eigenvalue weighted by atomic mass is 9.90. The number of thiophene rings is 1. The number of carbonyl (C=O) groups excluding carboxylic acids is 1. The van der Waals surface area contributed by atoms with Crippen LogP contribution in [0.5, 0.6) is 0 Å². The van der Waals surface area contributed by atoms with E-state index in [1.165, 1.54) is 17.4 Å². The second-order valence-electron chi connectivity index (χ2n) is 7.11. The number of amides is 1. The van der Waals surface area contributed by atoms with Gasteiger partial charge in [0.1, 0.15) is 0 Å². The van der Waals surface area contributed by atoms with Crippen molar-refractivity contribution < 1.29 is 18.1 Å². The lowest BCUT2D eigenvalue weighted by Crippen LogP contribution is -2.41. The van der Waals surface area contributed by atoms with E-state index in [1.54, 1.807) is 13.8 Å². The van der Waals surface area contributed by atoms with Crippen molar-refractivity contribution in [3.63, 3.8) is 0 Å². The van der Waals surface area contributed by atoms with Crippen LogP contribution in [-0.2, 0) is 22.9 Å². The van der Waals surface area contributed by atoms with Crippen LogP contribution < -0.4 is 10.3 Å². The highest BCUT2D eigenvalue weighted by Gasteiger charge is 2.25. The van der Waals surface area contributed by atoms with Gasteiger partial charge in [-0.05, 0) is 61.8 Å². The van der Waals surface area contributed by atoms with Crippen LogP contribution in [0.4, 0.5) is 5.69 Å². The molecule has 1 aliphatic rings. The fourth-order valence-electron chi connectivity index (χ4n) is 3.24. The molecule has 0 radical (unpaired) electrons. The number of hydrazine groups is 1. The molecule has 1 aromatic heterocycles. The predicted octanol–water partition coefficient (Wildman–Crippen LogP) is 3.02. The number of non-ortho nitro benzene ring substituents is 1. The van der Waals surface area contributed by atoms with Crippen LogP contribution in [0.2, 0.25) is 0 Å².